The molecule has 23 heavy (non-hydrogen) atoms. The van der Waals surface area contributed by atoms with E-state index in [2.05, 4.69) is 10.6 Å². The predicted octanol–water partition coefficient (Wildman–Crippen LogP) is 2.64. The molecule has 126 valence electrons. The lowest BCUT2D eigenvalue weighted by atomic mass is 10.1. The standard InChI is InChI=1S/C18H27N3O2/c1-14(2)20-17(22)13-19-16-9-7-15(8-10-16)18(23)21-11-5-3-4-6-12-21/h7-10,14,19H,3-6,11-13H2,1-2H3,(H,20,22). The van der Waals surface area contributed by atoms with E-state index >= 15 is 0 Å². The molecule has 2 rings (SSSR count). The fourth-order valence-electron chi connectivity index (χ4n) is 2.74. The van der Waals surface area contributed by atoms with Crippen molar-refractivity contribution in [2.45, 2.75) is 45.6 Å². The third-order valence-electron chi connectivity index (χ3n) is 3.93. The highest BCUT2D eigenvalue weighted by Crippen LogP contribution is 2.15. The van der Waals surface area contributed by atoms with Crippen LogP contribution in [0.15, 0.2) is 24.3 Å². The van der Waals surface area contributed by atoms with Crippen molar-refractivity contribution >= 4 is 17.5 Å². The van der Waals surface area contributed by atoms with Crippen molar-refractivity contribution in [2.24, 2.45) is 0 Å². The Hall–Kier alpha value is -2.04. The molecule has 0 spiro atoms. The van der Waals surface area contributed by atoms with Crippen LogP contribution in [-0.2, 0) is 4.79 Å². The molecule has 1 aliphatic heterocycles. The van der Waals surface area contributed by atoms with Gasteiger partial charge in [-0.1, -0.05) is 12.8 Å². The molecule has 2 N–H and O–H groups in total. The van der Waals surface area contributed by atoms with Crippen molar-refractivity contribution in [3.63, 3.8) is 0 Å². The summed E-state index contributed by atoms with van der Waals surface area (Å²) >= 11 is 0. The molecule has 5 nitrogen and oxygen atoms in total. The normalized spacial score (nSPS) is 15.2. The van der Waals surface area contributed by atoms with Crippen LogP contribution in [0.2, 0.25) is 0 Å². The van der Waals surface area contributed by atoms with Crippen LogP contribution in [0, 0.1) is 0 Å². The quantitative estimate of drug-likeness (QED) is 0.877. The molecule has 0 aromatic heterocycles. The first-order valence-corrected chi connectivity index (χ1v) is 8.49. The van der Waals surface area contributed by atoms with Crippen LogP contribution in [0.5, 0.6) is 0 Å². The maximum absolute atomic E-state index is 12.5. The number of carbonyl (C=O) groups excluding carboxylic acids is 2. The maximum atomic E-state index is 12.5. The van der Waals surface area contributed by atoms with Crippen LogP contribution in [-0.4, -0.2) is 42.4 Å². The summed E-state index contributed by atoms with van der Waals surface area (Å²) in [5, 5.41) is 5.90. The van der Waals surface area contributed by atoms with Crippen LogP contribution in [0.3, 0.4) is 0 Å². The number of benzene rings is 1. The van der Waals surface area contributed by atoms with E-state index in [-0.39, 0.29) is 24.4 Å². The molecule has 0 aliphatic carbocycles. The molecule has 5 heteroatoms. The van der Waals surface area contributed by atoms with Gasteiger partial charge in [-0.3, -0.25) is 9.59 Å². The first kappa shape index (κ1) is 17.3. The van der Waals surface area contributed by atoms with Crippen molar-refractivity contribution < 1.29 is 9.59 Å². The zero-order valence-corrected chi connectivity index (χ0v) is 14.1. The lowest BCUT2D eigenvalue weighted by molar-refractivity contribution is -0.119. The van der Waals surface area contributed by atoms with Gasteiger partial charge in [0.25, 0.3) is 5.91 Å². The monoisotopic (exact) mass is 317 g/mol. The molecule has 1 aromatic rings. The van der Waals surface area contributed by atoms with Gasteiger partial charge >= 0.3 is 0 Å². The van der Waals surface area contributed by atoms with Crippen LogP contribution in [0.25, 0.3) is 0 Å². The SMILES string of the molecule is CC(C)NC(=O)CNc1ccc(C(=O)N2CCCCCC2)cc1. The van der Waals surface area contributed by atoms with Gasteiger partial charge in [0.1, 0.15) is 0 Å². The van der Waals surface area contributed by atoms with Gasteiger partial charge in [-0.15, -0.1) is 0 Å². The molecule has 1 fully saturated rings. The van der Waals surface area contributed by atoms with Gasteiger partial charge < -0.3 is 15.5 Å². The Morgan fingerprint density at radius 1 is 1.04 bits per heavy atom. The fraction of sp³-hybridized carbons (Fsp3) is 0.556. The van der Waals surface area contributed by atoms with Gasteiger partial charge in [0.05, 0.1) is 6.54 Å². The number of anilines is 1. The van der Waals surface area contributed by atoms with E-state index in [4.69, 9.17) is 0 Å². The van der Waals surface area contributed by atoms with E-state index in [0.29, 0.717) is 5.56 Å². The Labute approximate surface area is 138 Å². The van der Waals surface area contributed by atoms with Gasteiger partial charge in [0, 0.05) is 30.4 Å². The van der Waals surface area contributed by atoms with Gasteiger partial charge in [0.2, 0.25) is 5.91 Å². The molecule has 0 atom stereocenters. The number of hydrogen-bond acceptors (Lipinski definition) is 3. The number of likely N-dealkylation sites (tertiary alicyclic amines) is 1. The van der Waals surface area contributed by atoms with Gasteiger partial charge in [-0.05, 0) is 51.0 Å². The van der Waals surface area contributed by atoms with Crippen molar-refractivity contribution in [3.05, 3.63) is 29.8 Å². The molecule has 1 heterocycles. The van der Waals surface area contributed by atoms with E-state index in [1.807, 2.05) is 43.0 Å². The molecule has 0 bridgehead atoms. The highest BCUT2D eigenvalue weighted by atomic mass is 16.2. The summed E-state index contributed by atoms with van der Waals surface area (Å²) in [7, 11) is 0. The minimum Gasteiger partial charge on any atom is -0.376 e. The van der Waals surface area contributed by atoms with E-state index in [1.165, 1.54) is 12.8 Å². The molecule has 1 aliphatic rings. The molecule has 2 amide bonds. The zero-order chi connectivity index (χ0) is 16.7. The molecule has 1 saturated heterocycles. The molecular formula is C18H27N3O2. The molecule has 0 radical (unpaired) electrons. The number of hydrogen-bond donors (Lipinski definition) is 2. The van der Waals surface area contributed by atoms with E-state index in [1.54, 1.807) is 0 Å². The van der Waals surface area contributed by atoms with Crippen molar-refractivity contribution in [3.8, 4) is 0 Å². The Bertz CT molecular complexity index is 518. The van der Waals surface area contributed by atoms with Crippen molar-refractivity contribution in [1.29, 1.82) is 0 Å². The van der Waals surface area contributed by atoms with Crippen LogP contribution in [0.4, 0.5) is 5.69 Å². The van der Waals surface area contributed by atoms with E-state index in [0.717, 1.165) is 31.6 Å². The average Bonchev–Trinajstić information content (AvgIpc) is 2.81. The first-order chi connectivity index (χ1) is 11.1. The number of nitrogens with one attached hydrogen (secondary N) is 2. The highest BCUT2D eigenvalue weighted by Gasteiger charge is 2.17. The largest absolute Gasteiger partial charge is 0.376 e. The summed E-state index contributed by atoms with van der Waals surface area (Å²) in [6, 6.07) is 7.51. The van der Waals surface area contributed by atoms with E-state index < -0.39 is 0 Å². The minimum atomic E-state index is -0.0373. The lowest BCUT2D eigenvalue weighted by Gasteiger charge is -2.20. The molecule has 0 saturated carbocycles. The molecule has 1 aromatic carbocycles. The Balaban J connectivity index is 1.88. The number of amides is 2. The molecule has 0 unspecified atom stereocenters. The topological polar surface area (TPSA) is 61.4 Å². The Morgan fingerprint density at radius 3 is 2.22 bits per heavy atom. The summed E-state index contributed by atoms with van der Waals surface area (Å²) in [5.41, 5.74) is 1.56. The summed E-state index contributed by atoms with van der Waals surface area (Å²) in [5.74, 6) is 0.0701. The van der Waals surface area contributed by atoms with Gasteiger partial charge in [-0.2, -0.15) is 0 Å². The van der Waals surface area contributed by atoms with Gasteiger partial charge in [0.15, 0.2) is 0 Å². The second-order valence-electron chi connectivity index (χ2n) is 6.36. The lowest BCUT2D eigenvalue weighted by Crippen LogP contribution is -2.34. The second kappa shape index (κ2) is 8.56. The van der Waals surface area contributed by atoms with E-state index in [9.17, 15) is 9.59 Å². The van der Waals surface area contributed by atoms with Crippen molar-refractivity contribution in [2.75, 3.05) is 25.0 Å². The van der Waals surface area contributed by atoms with Crippen LogP contribution in [0.1, 0.15) is 49.9 Å². The summed E-state index contributed by atoms with van der Waals surface area (Å²) in [6.45, 7) is 5.81. The van der Waals surface area contributed by atoms with Crippen LogP contribution >= 0.6 is 0 Å². The summed E-state index contributed by atoms with van der Waals surface area (Å²) in [4.78, 5) is 26.0. The summed E-state index contributed by atoms with van der Waals surface area (Å²) < 4.78 is 0. The fourth-order valence-corrected chi connectivity index (χ4v) is 2.74. The Kier molecular flexibility index (Phi) is 6.44. The molecular weight excluding hydrogens is 290 g/mol. The zero-order valence-electron chi connectivity index (χ0n) is 14.1. The number of carbonyl (C=O) groups is 2. The third kappa shape index (κ3) is 5.58. The predicted molar refractivity (Wildman–Crippen MR) is 92.6 cm³/mol. The van der Waals surface area contributed by atoms with Crippen LogP contribution < -0.4 is 10.6 Å². The smallest absolute Gasteiger partial charge is 0.253 e. The Morgan fingerprint density at radius 2 is 1.65 bits per heavy atom. The maximum Gasteiger partial charge on any atom is 0.253 e. The number of rotatable bonds is 5. The number of nitrogens with zero attached hydrogens (tertiary/aromatic N) is 1. The third-order valence-corrected chi connectivity index (χ3v) is 3.93. The van der Waals surface area contributed by atoms with Gasteiger partial charge in [-0.25, -0.2) is 0 Å². The minimum absolute atomic E-state index is 0.0373. The highest BCUT2D eigenvalue weighted by molar-refractivity contribution is 5.94. The first-order valence-electron chi connectivity index (χ1n) is 8.49. The van der Waals surface area contributed by atoms with Crippen molar-refractivity contribution in [1.82, 2.24) is 10.2 Å². The average molecular weight is 317 g/mol. The summed E-state index contributed by atoms with van der Waals surface area (Å²) in [6.07, 6.45) is 4.61. The second-order valence-corrected chi connectivity index (χ2v) is 6.36.